The fraction of sp³-hybridized carbons (Fsp3) is 0.0800. The molecule has 1 fully saturated rings. The summed E-state index contributed by atoms with van der Waals surface area (Å²) in [6.07, 6.45) is 0.370. The molecule has 1 unspecified atom stereocenters. The van der Waals surface area contributed by atoms with Gasteiger partial charge in [-0.3, -0.25) is 14.5 Å². The van der Waals surface area contributed by atoms with Crippen LogP contribution >= 0.6 is 39.3 Å². The highest BCUT2D eigenvalue weighted by Crippen LogP contribution is 2.42. The SMILES string of the molecule is N#C/C(C(=O)Nc1ccc(Br)cc1)=C1/SC(Cc2ccc(Cl)cc2)C(=O)N1c1ccc(F)cc1. The van der Waals surface area contributed by atoms with Crippen LogP contribution in [0, 0.1) is 17.1 Å². The molecular formula is C25H16BrClFN3O2S. The van der Waals surface area contributed by atoms with Gasteiger partial charge in [0.25, 0.3) is 5.91 Å². The third-order valence-electron chi connectivity index (χ3n) is 5.03. The van der Waals surface area contributed by atoms with Crippen molar-refractivity contribution >= 4 is 62.5 Å². The van der Waals surface area contributed by atoms with E-state index in [1.54, 1.807) is 36.4 Å². The lowest BCUT2D eigenvalue weighted by molar-refractivity contribution is -0.117. The van der Waals surface area contributed by atoms with Crippen LogP contribution in [0.15, 0.2) is 87.9 Å². The van der Waals surface area contributed by atoms with E-state index in [4.69, 9.17) is 11.6 Å². The summed E-state index contributed by atoms with van der Waals surface area (Å²) in [7, 11) is 0. The lowest BCUT2D eigenvalue weighted by atomic mass is 10.1. The Hall–Kier alpha value is -3.12. The molecule has 0 spiro atoms. The van der Waals surface area contributed by atoms with Crippen LogP contribution in [0.25, 0.3) is 0 Å². The van der Waals surface area contributed by atoms with Gasteiger partial charge < -0.3 is 5.32 Å². The molecule has 0 saturated carbocycles. The number of thioether (sulfide) groups is 1. The Kier molecular flexibility index (Phi) is 7.37. The summed E-state index contributed by atoms with van der Waals surface area (Å²) in [5.74, 6) is -1.40. The highest BCUT2D eigenvalue weighted by molar-refractivity contribution is 9.10. The second kappa shape index (κ2) is 10.4. The molecule has 0 aliphatic carbocycles. The quantitative estimate of drug-likeness (QED) is 0.295. The maximum absolute atomic E-state index is 13.5. The Labute approximate surface area is 213 Å². The number of amides is 2. The van der Waals surface area contributed by atoms with E-state index in [2.05, 4.69) is 21.2 Å². The van der Waals surface area contributed by atoms with Crippen LogP contribution in [-0.2, 0) is 16.0 Å². The minimum absolute atomic E-state index is 0.202. The zero-order valence-electron chi connectivity index (χ0n) is 17.5. The zero-order valence-corrected chi connectivity index (χ0v) is 20.6. The van der Waals surface area contributed by atoms with E-state index in [0.29, 0.717) is 22.8 Å². The molecule has 170 valence electrons. The number of nitrogens with one attached hydrogen (secondary N) is 1. The van der Waals surface area contributed by atoms with Crippen LogP contribution in [-0.4, -0.2) is 17.1 Å². The van der Waals surface area contributed by atoms with Gasteiger partial charge in [0.1, 0.15) is 22.5 Å². The molecule has 0 aromatic heterocycles. The van der Waals surface area contributed by atoms with Crippen molar-refractivity contribution in [3.05, 3.63) is 104 Å². The van der Waals surface area contributed by atoms with E-state index in [9.17, 15) is 19.2 Å². The Morgan fingerprint density at radius 2 is 1.74 bits per heavy atom. The van der Waals surface area contributed by atoms with Crippen molar-refractivity contribution in [1.29, 1.82) is 5.26 Å². The number of carbonyl (C=O) groups is 2. The number of hydrogen-bond donors (Lipinski definition) is 1. The zero-order chi connectivity index (χ0) is 24.2. The smallest absolute Gasteiger partial charge is 0.269 e. The first kappa shape index (κ1) is 24.0. The van der Waals surface area contributed by atoms with Gasteiger partial charge in [0.15, 0.2) is 0 Å². The summed E-state index contributed by atoms with van der Waals surface area (Å²) in [5.41, 5.74) is 1.55. The second-order valence-corrected chi connectivity index (χ2v) is 9.88. The fourth-order valence-electron chi connectivity index (χ4n) is 3.37. The summed E-state index contributed by atoms with van der Waals surface area (Å²) in [6, 6.07) is 21.3. The third-order valence-corrected chi connectivity index (χ3v) is 7.07. The van der Waals surface area contributed by atoms with Gasteiger partial charge in [-0.05, 0) is 72.6 Å². The van der Waals surface area contributed by atoms with Gasteiger partial charge in [0.2, 0.25) is 5.91 Å². The minimum atomic E-state index is -0.639. The number of nitrogens with zero attached hydrogens (tertiary/aromatic N) is 2. The molecule has 4 rings (SSSR count). The largest absolute Gasteiger partial charge is 0.321 e. The number of carbonyl (C=O) groups excluding carboxylic acids is 2. The molecule has 1 N–H and O–H groups in total. The summed E-state index contributed by atoms with van der Waals surface area (Å²) in [6.45, 7) is 0. The highest BCUT2D eigenvalue weighted by atomic mass is 79.9. The fourth-order valence-corrected chi connectivity index (χ4v) is 5.07. The van der Waals surface area contributed by atoms with Crippen LogP contribution in [0.5, 0.6) is 0 Å². The second-order valence-electron chi connectivity index (χ2n) is 7.34. The predicted octanol–water partition coefficient (Wildman–Crippen LogP) is 6.31. The van der Waals surface area contributed by atoms with Crippen LogP contribution in [0.3, 0.4) is 0 Å². The first-order valence-corrected chi connectivity index (χ1v) is 12.1. The molecule has 1 heterocycles. The molecule has 0 radical (unpaired) electrons. The molecule has 1 atom stereocenters. The summed E-state index contributed by atoms with van der Waals surface area (Å²) in [5, 5.41) is 12.8. The van der Waals surface area contributed by atoms with E-state index >= 15 is 0 Å². The van der Waals surface area contributed by atoms with Gasteiger partial charge in [-0.25, -0.2) is 4.39 Å². The Bertz CT molecular complexity index is 1310. The van der Waals surface area contributed by atoms with Crippen molar-refractivity contribution in [2.24, 2.45) is 0 Å². The molecule has 1 aliphatic rings. The van der Waals surface area contributed by atoms with Crippen molar-refractivity contribution in [2.45, 2.75) is 11.7 Å². The van der Waals surface area contributed by atoms with E-state index in [1.807, 2.05) is 18.2 Å². The van der Waals surface area contributed by atoms with E-state index in [1.165, 1.54) is 29.2 Å². The lowest BCUT2D eigenvalue weighted by Gasteiger charge is -2.18. The predicted molar refractivity (Wildman–Crippen MR) is 136 cm³/mol. The first-order chi connectivity index (χ1) is 16.4. The van der Waals surface area contributed by atoms with Gasteiger partial charge in [0.05, 0.1) is 5.25 Å². The molecular weight excluding hydrogens is 541 g/mol. The van der Waals surface area contributed by atoms with Crippen LogP contribution in [0.2, 0.25) is 5.02 Å². The molecule has 0 bridgehead atoms. The maximum Gasteiger partial charge on any atom is 0.269 e. The number of rotatable bonds is 5. The molecule has 1 saturated heterocycles. The van der Waals surface area contributed by atoms with Crippen molar-refractivity contribution in [3.63, 3.8) is 0 Å². The lowest BCUT2D eigenvalue weighted by Crippen LogP contribution is -2.30. The maximum atomic E-state index is 13.5. The Morgan fingerprint density at radius 1 is 1.09 bits per heavy atom. The van der Waals surface area contributed by atoms with Crippen LogP contribution < -0.4 is 10.2 Å². The van der Waals surface area contributed by atoms with E-state index < -0.39 is 17.0 Å². The van der Waals surface area contributed by atoms with E-state index in [0.717, 1.165) is 21.8 Å². The molecule has 2 amide bonds. The average molecular weight is 557 g/mol. The molecule has 5 nitrogen and oxygen atoms in total. The molecule has 9 heteroatoms. The van der Waals surface area contributed by atoms with Gasteiger partial charge in [-0.1, -0.05) is 51.4 Å². The van der Waals surface area contributed by atoms with Crippen molar-refractivity contribution in [3.8, 4) is 6.07 Å². The highest BCUT2D eigenvalue weighted by Gasteiger charge is 2.40. The number of anilines is 2. The average Bonchev–Trinajstić information content (AvgIpc) is 3.13. The topological polar surface area (TPSA) is 73.2 Å². The number of halogens is 3. The van der Waals surface area contributed by atoms with Crippen LogP contribution in [0.1, 0.15) is 5.56 Å². The third kappa shape index (κ3) is 5.33. The van der Waals surface area contributed by atoms with Crippen molar-refractivity contribution in [1.82, 2.24) is 0 Å². The minimum Gasteiger partial charge on any atom is -0.321 e. The van der Waals surface area contributed by atoms with Gasteiger partial charge in [0, 0.05) is 20.9 Å². The van der Waals surface area contributed by atoms with Crippen molar-refractivity contribution < 1.29 is 14.0 Å². The molecule has 1 aliphatic heterocycles. The Morgan fingerprint density at radius 3 is 2.35 bits per heavy atom. The first-order valence-electron chi connectivity index (χ1n) is 10.1. The van der Waals surface area contributed by atoms with Gasteiger partial charge in [-0.2, -0.15) is 5.26 Å². The normalized spacial score (nSPS) is 16.8. The number of benzene rings is 3. The van der Waals surface area contributed by atoms with E-state index in [-0.39, 0.29) is 16.5 Å². The van der Waals surface area contributed by atoms with Crippen molar-refractivity contribution in [2.75, 3.05) is 10.2 Å². The summed E-state index contributed by atoms with van der Waals surface area (Å²) in [4.78, 5) is 27.8. The van der Waals surface area contributed by atoms with Gasteiger partial charge in [-0.15, -0.1) is 0 Å². The molecule has 3 aromatic rings. The summed E-state index contributed by atoms with van der Waals surface area (Å²) < 4.78 is 14.4. The number of nitriles is 1. The monoisotopic (exact) mass is 555 g/mol. The molecule has 3 aromatic carbocycles. The van der Waals surface area contributed by atoms with Gasteiger partial charge >= 0.3 is 0 Å². The summed E-state index contributed by atoms with van der Waals surface area (Å²) >= 11 is 10.4. The van der Waals surface area contributed by atoms with Crippen LogP contribution in [0.4, 0.5) is 15.8 Å². The number of hydrogen-bond acceptors (Lipinski definition) is 4. The standard InChI is InChI=1S/C25H16BrClFN3O2S/c26-16-3-9-19(10-4-16)30-23(32)21(14-29)25-31(20-11-7-18(28)8-12-20)24(33)22(34-25)13-15-1-5-17(27)6-2-15/h1-12,22H,13H2,(H,30,32)/b25-21-. The molecule has 34 heavy (non-hydrogen) atoms. The Balaban J connectivity index is 1.71.